The average Bonchev–Trinajstić information content (AvgIpc) is 3.19. The first-order chi connectivity index (χ1) is 9.81. The third-order valence-electron chi connectivity index (χ3n) is 4.24. The summed E-state index contributed by atoms with van der Waals surface area (Å²) in [6, 6.07) is 7.30. The lowest BCUT2D eigenvalue weighted by Gasteiger charge is -2.31. The van der Waals surface area contributed by atoms with Crippen LogP contribution < -0.4 is 4.90 Å². The molecule has 2 aromatic rings. The summed E-state index contributed by atoms with van der Waals surface area (Å²) in [5.74, 6) is 1.00. The molecule has 1 aliphatic heterocycles. The van der Waals surface area contributed by atoms with Gasteiger partial charge in [-0.05, 0) is 54.7 Å². The first kappa shape index (κ1) is 11.9. The van der Waals surface area contributed by atoms with Crippen molar-refractivity contribution in [3.63, 3.8) is 0 Å². The lowest BCUT2D eigenvalue weighted by molar-refractivity contribution is 0.567. The molecule has 104 valence electrons. The number of aryl methyl sites for hydroxylation is 2. The minimum absolute atomic E-state index is 0.544. The van der Waals surface area contributed by atoms with E-state index in [0.29, 0.717) is 6.04 Å². The van der Waals surface area contributed by atoms with Gasteiger partial charge in [0.15, 0.2) is 5.82 Å². The fourth-order valence-electron chi connectivity index (χ4n) is 3.06. The maximum absolute atomic E-state index is 4.22. The van der Waals surface area contributed by atoms with Crippen molar-refractivity contribution in [2.45, 2.75) is 45.2 Å². The molecule has 0 N–H and O–H groups in total. The smallest absolute Gasteiger partial charge is 0.170 e. The Labute approximate surface area is 118 Å². The molecule has 0 saturated heterocycles. The number of fused-ring (bicyclic) bond motifs is 1. The predicted octanol–water partition coefficient (Wildman–Crippen LogP) is 2.27. The minimum Gasteiger partial charge on any atom is -0.364 e. The van der Waals surface area contributed by atoms with Crippen LogP contribution in [-0.4, -0.2) is 26.8 Å². The lowest BCUT2D eigenvalue weighted by Crippen LogP contribution is -2.30. The van der Waals surface area contributed by atoms with Crippen LogP contribution in [0.2, 0.25) is 0 Å². The summed E-state index contributed by atoms with van der Waals surface area (Å²) in [5.41, 5.74) is 4.15. The Kier molecular flexibility index (Phi) is 2.72. The van der Waals surface area contributed by atoms with E-state index in [1.54, 1.807) is 0 Å². The Bertz CT molecular complexity index is 629. The summed E-state index contributed by atoms with van der Waals surface area (Å²) < 4.78 is 2.02. The summed E-state index contributed by atoms with van der Waals surface area (Å²) in [5, 5.41) is 12.2. The van der Waals surface area contributed by atoms with Crippen LogP contribution in [0.5, 0.6) is 0 Å². The summed E-state index contributed by atoms with van der Waals surface area (Å²) >= 11 is 0. The highest BCUT2D eigenvalue weighted by Gasteiger charge is 2.29. The van der Waals surface area contributed by atoms with Crippen LogP contribution in [0.25, 0.3) is 0 Å². The van der Waals surface area contributed by atoms with Crippen molar-refractivity contribution in [3.05, 3.63) is 35.2 Å². The van der Waals surface area contributed by atoms with Gasteiger partial charge in [-0.2, -0.15) is 0 Å². The Morgan fingerprint density at radius 3 is 3.05 bits per heavy atom. The van der Waals surface area contributed by atoms with Crippen molar-refractivity contribution in [2.75, 3.05) is 11.4 Å². The third kappa shape index (κ3) is 2.07. The van der Waals surface area contributed by atoms with Gasteiger partial charge in [0.2, 0.25) is 0 Å². The van der Waals surface area contributed by atoms with Crippen LogP contribution in [-0.2, 0) is 13.0 Å². The molecule has 0 amide bonds. The quantitative estimate of drug-likeness (QED) is 0.857. The van der Waals surface area contributed by atoms with Gasteiger partial charge in [-0.25, -0.2) is 4.68 Å². The Morgan fingerprint density at radius 1 is 1.30 bits per heavy atom. The highest BCUT2D eigenvalue weighted by molar-refractivity contribution is 5.56. The SMILES string of the molecule is Cc1ccc2c(c1)CCCN2Cc1nnnn1C1CC1. The van der Waals surface area contributed by atoms with E-state index in [0.717, 1.165) is 18.9 Å². The first-order valence-corrected chi connectivity index (χ1v) is 7.42. The van der Waals surface area contributed by atoms with Gasteiger partial charge in [-0.15, -0.1) is 5.10 Å². The van der Waals surface area contributed by atoms with Crippen molar-refractivity contribution in [1.29, 1.82) is 0 Å². The largest absolute Gasteiger partial charge is 0.364 e. The third-order valence-corrected chi connectivity index (χ3v) is 4.24. The van der Waals surface area contributed by atoms with Crippen molar-refractivity contribution in [1.82, 2.24) is 20.2 Å². The topological polar surface area (TPSA) is 46.8 Å². The number of aromatic nitrogens is 4. The number of anilines is 1. The fourth-order valence-corrected chi connectivity index (χ4v) is 3.06. The standard InChI is InChI=1S/C15H19N5/c1-11-4-7-14-12(9-11)3-2-8-19(14)10-15-16-17-18-20(15)13-5-6-13/h4,7,9,13H,2-3,5-6,8,10H2,1H3. The maximum atomic E-state index is 4.22. The second-order valence-corrected chi connectivity index (χ2v) is 5.93. The fraction of sp³-hybridized carbons (Fsp3) is 0.533. The van der Waals surface area contributed by atoms with Crippen LogP contribution in [0, 0.1) is 6.92 Å². The summed E-state index contributed by atoms with van der Waals surface area (Å²) in [7, 11) is 0. The highest BCUT2D eigenvalue weighted by atomic mass is 15.6. The molecule has 5 nitrogen and oxygen atoms in total. The van der Waals surface area contributed by atoms with Gasteiger partial charge >= 0.3 is 0 Å². The van der Waals surface area contributed by atoms with Gasteiger partial charge in [0.05, 0.1) is 12.6 Å². The molecule has 5 heteroatoms. The van der Waals surface area contributed by atoms with Crippen LogP contribution in [0.4, 0.5) is 5.69 Å². The normalized spacial score (nSPS) is 18.1. The second-order valence-electron chi connectivity index (χ2n) is 5.93. The molecule has 0 atom stereocenters. The molecule has 4 rings (SSSR count). The Balaban J connectivity index is 1.62. The maximum Gasteiger partial charge on any atom is 0.170 e. The Hall–Kier alpha value is -1.91. The average molecular weight is 269 g/mol. The van der Waals surface area contributed by atoms with E-state index in [4.69, 9.17) is 0 Å². The van der Waals surface area contributed by atoms with Crippen molar-refractivity contribution < 1.29 is 0 Å². The van der Waals surface area contributed by atoms with Gasteiger partial charge in [0.25, 0.3) is 0 Å². The summed E-state index contributed by atoms with van der Waals surface area (Å²) in [6.45, 7) is 4.07. The molecule has 1 aromatic carbocycles. The molecule has 0 unspecified atom stereocenters. The Morgan fingerprint density at radius 2 is 2.20 bits per heavy atom. The molecule has 1 aromatic heterocycles. The molecule has 1 aliphatic carbocycles. The molecule has 1 saturated carbocycles. The van der Waals surface area contributed by atoms with Crippen molar-refractivity contribution >= 4 is 5.69 Å². The van der Waals surface area contributed by atoms with Crippen LogP contribution >= 0.6 is 0 Å². The second kappa shape index (κ2) is 4.58. The van der Waals surface area contributed by atoms with E-state index in [9.17, 15) is 0 Å². The highest BCUT2D eigenvalue weighted by Crippen LogP contribution is 2.35. The zero-order valence-electron chi connectivity index (χ0n) is 11.8. The molecule has 0 spiro atoms. The molecule has 2 heterocycles. The van der Waals surface area contributed by atoms with E-state index in [1.807, 2.05) is 4.68 Å². The van der Waals surface area contributed by atoms with Crippen molar-refractivity contribution in [2.24, 2.45) is 0 Å². The number of hydrogen-bond acceptors (Lipinski definition) is 4. The van der Waals surface area contributed by atoms with E-state index in [1.165, 1.54) is 42.5 Å². The van der Waals surface area contributed by atoms with E-state index >= 15 is 0 Å². The van der Waals surface area contributed by atoms with E-state index in [-0.39, 0.29) is 0 Å². The number of tetrazole rings is 1. The number of benzene rings is 1. The number of hydrogen-bond donors (Lipinski definition) is 0. The summed E-state index contributed by atoms with van der Waals surface area (Å²) in [4.78, 5) is 2.42. The zero-order valence-corrected chi connectivity index (χ0v) is 11.8. The minimum atomic E-state index is 0.544. The lowest BCUT2D eigenvalue weighted by atomic mass is 9.99. The molecular formula is C15H19N5. The van der Waals surface area contributed by atoms with Gasteiger partial charge < -0.3 is 4.90 Å². The van der Waals surface area contributed by atoms with E-state index < -0.39 is 0 Å². The molecule has 20 heavy (non-hydrogen) atoms. The molecule has 0 radical (unpaired) electrons. The van der Waals surface area contributed by atoms with Crippen LogP contribution in [0.1, 0.15) is 42.3 Å². The summed E-state index contributed by atoms with van der Waals surface area (Å²) in [6.07, 6.45) is 4.82. The van der Waals surface area contributed by atoms with Gasteiger partial charge in [-0.3, -0.25) is 0 Å². The molecule has 1 fully saturated rings. The molecule has 0 bridgehead atoms. The van der Waals surface area contributed by atoms with Gasteiger partial charge in [0, 0.05) is 12.2 Å². The molecule has 2 aliphatic rings. The van der Waals surface area contributed by atoms with Crippen LogP contribution in [0.3, 0.4) is 0 Å². The van der Waals surface area contributed by atoms with Gasteiger partial charge in [-0.1, -0.05) is 17.7 Å². The van der Waals surface area contributed by atoms with Crippen molar-refractivity contribution in [3.8, 4) is 0 Å². The van der Waals surface area contributed by atoms with E-state index in [2.05, 4.69) is 45.5 Å². The van der Waals surface area contributed by atoms with Gasteiger partial charge in [0.1, 0.15) is 0 Å². The monoisotopic (exact) mass is 269 g/mol. The molecular weight excluding hydrogens is 250 g/mol. The predicted molar refractivity (Wildman–Crippen MR) is 76.6 cm³/mol. The first-order valence-electron chi connectivity index (χ1n) is 7.42. The number of rotatable bonds is 3. The number of nitrogens with zero attached hydrogens (tertiary/aromatic N) is 5. The van der Waals surface area contributed by atoms with Crippen LogP contribution in [0.15, 0.2) is 18.2 Å². The zero-order chi connectivity index (χ0) is 13.5.